The van der Waals surface area contributed by atoms with E-state index in [2.05, 4.69) is 4.98 Å². The molecule has 1 amide bonds. The number of carbonyl (C=O) groups excluding carboxylic acids is 2. The van der Waals surface area contributed by atoms with Gasteiger partial charge in [-0.05, 0) is 42.5 Å². The molecule has 1 aliphatic heterocycles. The third kappa shape index (κ3) is 3.44. The predicted octanol–water partition coefficient (Wildman–Crippen LogP) is 3.96. The summed E-state index contributed by atoms with van der Waals surface area (Å²) in [4.78, 5) is 31.4. The number of Topliss-reactive ketones (excluding diaryl/α,β-unsaturated/α-hetero) is 1. The van der Waals surface area contributed by atoms with Gasteiger partial charge in [-0.1, -0.05) is 17.7 Å². The van der Waals surface area contributed by atoms with Crippen LogP contribution in [0.5, 0.6) is 5.75 Å². The second kappa shape index (κ2) is 8.04. The highest BCUT2D eigenvalue weighted by Crippen LogP contribution is 2.40. The van der Waals surface area contributed by atoms with E-state index in [1.54, 1.807) is 48.7 Å². The monoisotopic (exact) mass is 424 g/mol. The fourth-order valence-corrected chi connectivity index (χ4v) is 3.69. The van der Waals surface area contributed by atoms with E-state index in [0.717, 1.165) is 0 Å². The van der Waals surface area contributed by atoms with E-state index < -0.39 is 17.7 Å². The Kier molecular flexibility index (Phi) is 5.29. The predicted molar refractivity (Wildman–Crippen MR) is 109 cm³/mol. The fraction of sp³-hybridized carbons (Fsp3) is 0.136. The molecular formula is C22H17ClN2O5. The zero-order valence-electron chi connectivity index (χ0n) is 15.9. The van der Waals surface area contributed by atoms with Gasteiger partial charge in [0, 0.05) is 11.8 Å². The van der Waals surface area contributed by atoms with Crippen LogP contribution in [0.25, 0.3) is 5.76 Å². The SMILES string of the molecule is COc1ccc(/C(O)=C2/C(=O)C(=O)N(Cc3ccco3)C2c2ccccn2)cc1Cl. The van der Waals surface area contributed by atoms with Crippen LogP contribution in [0, 0.1) is 0 Å². The molecule has 1 N–H and O–H groups in total. The number of methoxy groups -OCH3 is 1. The van der Waals surface area contributed by atoms with Crippen molar-refractivity contribution in [2.45, 2.75) is 12.6 Å². The summed E-state index contributed by atoms with van der Waals surface area (Å²) in [6.07, 6.45) is 3.05. The van der Waals surface area contributed by atoms with Gasteiger partial charge in [-0.3, -0.25) is 14.6 Å². The third-order valence-corrected chi connectivity index (χ3v) is 5.13. The molecule has 8 heteroatoms. The average molecular weight is 425 g/mol. The highest BCUT2D eigenvalue weighted by atomic mass is 35.5. The number of ether oxygens (including phenoxy) is 1. The Morgan fingerprint density at radius 3 is 2.70 bits per heavy atom. The summed E-state index contributed by atoms with van der Waals surface area (Å²) in [5, 5.41) is 11.3. The summed E-state index contributed by atoms with van der Waals surface area (Å²) in [5.74, 6) is -0.960. The van der Waals surface area contributed by atoms with Gasteiger partial charge in [-0.25, -0.2) is 0 Å². The first kappa shape index (κ1) is 19.7. The van der Waals surface area contributed by atoms with Crippen LogP contribution >= 0.6 is 11.6 Å². The molecule has 1 aromatic carbocycles. The number of furan rings is 1. The standard InChI is InChI=1S/C22H17ClN2O5/c1-29-17-8-7-13(11-15(17)23)20(26)18-19(16-6-2-3-9-24-16)25(22(28)21(18)27)12-14-5-4-10-30-14/h2-11,19,26H,12H2,1H3/b20-18-. The van der Waals surface area contributed by atoms with E-state index >= 15 is 0 Å². The smallest absolute Gasteiger partial charge is 0.296 e. The highest BCUT2D eigenvalue weighted by molar-refractivity contribution is 6.46. The van der Waals surface area contributed by atoms with Crippen molar-refractivity contribution in [3.63, 3.8) is 0 Å². The molecule has 4 rings (SSSR count). The van der Waals surface area contributed by atoms with Crippen LogP contribution in [0.2, 0.25) is 5.02 Å². The number of carbonyl (C=O) groups is 2. The molecule has 1 fully saturated rings. The topological polar surface area (TPSA) is 92.9 Å². The van der Waals surface area contributed by atoms with E-state index in [-0.39, 0.29) is 28.5 Å². The molecule has 2 aromatic heterocycles. The number of hydrogen-bond donors (Lipinski definition) is 1. The number of rotatable bonds is 5. The van der Waals surface area contributed by atoms with E-state index in [1.807, 2.05) is 0 Å². The maximum atomic E-state index is 12.9. The van der Waals surface area contributed by atoms with Gasteiger partial charge in [0.15, 0.2) is 0 Å². The number of nitrogens with zero attached hydrogens (tertiary/aromatic N) is 2. The Morgan fingerprint density at radius 1 is 1.23 bits per heavy atom. The molecule has 1 atom stereocenters. The lowest BCUT2D eigenvalue weighted by atomic mass is 9.98. The zero-order chi connectivity index (χ0) is 21.3. The van der Waals surface area contributed by atoms with E-state index in [0.29, 0.717) is 17.2 Å². The van der Waals surface area contributed by atoms with Crippen LogP contribution in [0.4, 0.5) is 0 Å². The number of aliphatic hydroxyl groups is 1. The Labute approximate surface area is 177 Å². The summed E-state index contributed by atoms with van der Waals surface area (Å²) >= 11 is 6.18. The minimum atomic E-state index is -0.878. The van der Waals surface area contributed by atoms with Gasteiger partial charge in [-0.2, -0.15) is 0 Å². The molecule has 0 saturated carbocycles. The summed E-state index contributed by atoms with van der Waals surface area (Å²) in [5.41, 5.74) is 0.675. The highest BCUT2D eigenvalue weighted by Gasteiger charge is 2.47. The van der Waals surface area contributed by atoms with Crippen molar-refractivity contribution in [2.24, 2.45) is 0 Å². The van der Waals surface area contributed by atoms with Crippen LogP contribution in [-0.4, -0.2) is 33.8 Å². The van der Waals surface area contributed by atoms with Crippen LogP contribution in [0.1, 0.15) is 23.1 Å². The lowest BCUT2D eigenvalue weighted by Crippen LogP contribution is -2.29. The maximum Gasteiger partial charge on any atom is 0.296 e. The lowest BCUT2D eigenvalue weighted by Gasteiger charge is -2.23. The summed E-state index contributed by atoms with van der Waals surface area (Å²) in [7, 11) is 1.47. The minimum absolute atomic E-state index is 0.0545. The second-order valence-corrected chi connectivity index (χ2v) is 7.02. The van der Waals surface area contributed by atoms with Gasteiger partial charge in [0.2, 0.25) is 0 Å². The molecule has 30 heavy (non-hydrogen) atoms. The maximum absolute atomic E-state index is 12.9. The molecule has 7 nitrogen and oxygen atoms in total. The molecular weight excluding hydrogens is 408 g/mol. The first-order valence-corrected chi connectivity index (χ1v) is 9.44. The number of pyridine rings is 1. The van der Waals surface area contributed by atoms with Crippen LogP contribution < -0.4 is 4.74 Å². The average Bonchev–Trinajstić information content (AvgIpc) is 3.36. The zero-order valence-corrected chi connectivity index (χ0v) is 16.7. The molecule has 152 valence electrons. The lowest BCUT2D eigenvalue weighted by molar-refractivity contribution is -0.140. The van der Waals surface area contributed by atoms with Crippen molar-refractivity contribution < 1.29 is 23.8 Å². The quantitative estimate of drug-likeness (QED) is 0.378. The van der Waals surface area contributed by atoms with Gasteiger partial charge >= 0.3 is 0 Å². The van der Waals surface area contributed by atoms with Crippen molar-refractivity contribution in [1.29, 1.82) is 0 Å². The first-order chi connectivity index (χ1) is 14.5. The number of hydrogen-bond acceptors (Lipinski definition) is 6. The fourth-order valence-electron chi connectivity index (χ4n) is 3.43. The van der Waals surface area contributed by atoms with Crippen molar-refractivity contribution in [2.75, 3.05) is 7.11 Å². The molecule has 0 spiro atoms. The van der Waals surface area contributed by atoms with Gasteiger partial charge < -0.3 is 19.2 Å². The number of aliphatic hydroxyl groups excluding tert-OH is 1. The van der Waals surface area contributed by atoms with Crippen LogP contribution in [0.3, 0.4) is 0 Å². The summed E-state index contributed by atoms with van der Waals surface area (Å²) in [6, 6.07) is 12.3. The molecule has 3 aromatic rings. The van der Waals surface area contributed by atoms with Gasteiger partial charge in [0.25, 0.3) is 11.7 Å². The van der Waals surface area contributed by atoms with Gasteiger partial charge in [0.05, 0.1) is 36.2 Å². The molecule has 0 aliphatic carbocycles. The third-order valence-electron chi connectivity index (χ3n) is 4.84. The number of halogens is 1. The Balaban J connectivity index is 1.85. The Morgan fingerprint density at radius 2 is 2.07 bits per heavy atom. The molecule has 1 saturated heterocycles. The van der Waals surface area contributed by atoms with E-state index in [1.165, 1.54) is 24.3 Å². The van der Waals surface area contributed by atoms with Crippen molar-refractivity contribution in [3.8, 4) is 5.75 Å². The summed E-state index contributed by atoms with van der Waals surface area (Å²) < 4.78 is 10.5. The number of amides is 1. The first-order valence-electron chi connectivity index (χ1n) is 9.07. The number of ketones is 1. The molecule has 3 heterocycles. The molecule has 1 aliphatic rings. The number of aromatic nitrogens is 1. The van der Waals surface area contributed by atoms with Gasteiger partial charge in [0.1, 0.15) is 23.3 Å². The molecule has 0 bridgehead atoms. The minimum Gasteiger partial charge on any atom is -0.507 e. The van der Waals surface area contributed by atoms with Crippen LogP contribution in [-0.2, 0) is 16.1 Å². The molecule has 1 unspecified atom stereocenters. The second-order valence-electron chi connectivity index (χ2n) is 6.61. The summed E-state index contributed by atoms with van der Waals surface area (Å²) in [6.45, 7) is 0.0545. The normalized spacial score (nSPS) is 18.1. The number of likely N-dealkylation sites (tertiary alicyclic amines) is 1. The van der Waals surface area contributed by atoms with E-state index in [4.69, 9.17) is 20.8 Å². The van der Waals surface area contributed by atoms with E-state index in [9.17, 15) is 14.7 Å². The largest absolute Gasteiger partial charge is 0.507 e. The molecule has 0 radical (unpaired) electrons. The Hall–Kier alpha value is -3.58. The van der Waals surface area contributed by atoms with Crippen molar-refractivity contribution >= 4 is 29.1 Å². The van der Waals surface area contributed by atoms with Crippen molar-refractivity contribution in [1.82, 2.24) is 9.88 Å². The van der Waals surface area contributed by atoms with Crippen molar-refractivity contribution in [3.05, 3.63) is 88.6 Å². The van der Waals surface area contributed by atoms with Gasteiger partial charge in [-0.15, -0.1) is 0 Å². The number of benzene rings is 1. The van der Waals surface area contributed by atoms with Crippen LogP contribution in [0.15, 0.2) is 71.0 Å². The Bertz CT molecular complexity index is 1130.